The summed E-state index contributed by atoms with van der Waals surface area (Å²) in [6, 6.07) is 7.29. The van der Waals surface area contributed by atoms with E-state index in [9.17, 15) is 4.79 Å². The van der Waals surface area contributed by atoms with Gasteiger partial charge >= 0.3 is 0 Å². The first kappa shape index (κ1) is 10.9. The third-order valence-corrected chi connectivity index (χ3v) is 2.59. The maximum Gasteiger partial charge on any atom is 0.250 e. The lowest BCUT2D eigenvalue weighted by atomic mass is 10.2. The molecule has 1 aliphatic rings. The summed E-state index contributed by atoms with van der Waals surface area (Å²) >= 11 is 5.81. The van der Waals surface area contributed by atoms with E-state index in [0.717, 1.165) is 5.56 Å². The first-order chi connectivity index (χ1) is 7.72. The van der Waals surface area contributed by atoms with Gasteiger partial charge in [-0.1, -0.05) is 17.7 Å². The van der Waals surface area contributed by atoms with Gasteiger partial charge in [-0.3, -0.25) is 14.7 Å². The molecule has 0 fully saturated rings. The van der Waals surface area contributed by atoms with E-state index >= 15 is 0 Å². The molecule has 4 heteroatoms. The molecule has 3 nitrogen and oxygen atoms in total. The van der Waals surface area contributed by atoms with Crippen LogP contribution in [0.4, 0.5) is 0 Å². The van der Waals surface area contributed by atoms with Gasteiger partial charge < -0.3 is 0 Å². The Morgan fingerprint density at radius 3 is 2.75 bits per heavy atom. The SMILES string of the molecule is C=CCN1C(=O)CN=C1c1ccc(Cl)cc1. The Morgan fingerprint density at radius 1 is 1.44 bits per heavy atom. The lowest BCUT2D eigenvalue weighted by Crippen LogP contribution is -2.33. The zero-order valence-electron chi connectivity index (χ0n) is 8.69. The molecular weight excluding hydrogens is 224 g/mol. The van der Waals surface area contributed by atoms with Crippen molar-refractivity contribution in [3.63, 3.8) is 0 Å². The van der Waals surface area contributed by atoms with Gasteiger partial charge in [0.15, 0.2) is 0 Å². The maximum atomic E-state index is 11.6. The standard InChI is InChI=1S/C12H11ClN2O/c1-2-7-15-11(16)8-14-12(15)9-3-5-10(13)6-4-9/h2-6H,1,7-8H2. The Hall–Kier alpha value is -1.61. The molecule has 0 aliphatic carbocycles. The topological polar surface area (TPSA) is 32.7 Å². The second-order valence-electron chi connectivity index (χ2n) is 3.44. The fourth-order valence-corrected chi connectivity index (χ4v) is 1.72. The molecule has 0 spiro atoms. The lowest BCUT2D eigenvalue weighted by Gasteiger charge is -2.16. The van der Waals surface area contributed by atoms with Crippen LogP contribution in [-0.4, -0.2) is 29.7 Å². The summed E-state index contributed by atoms with van der Waals surface area (Å²) in [5.41, 5.74) is 0.900. The molecule has 2 rings (SSSR count). The van der Waals surface area contributed by atoms with Gasteiger partial charge in [0.2, 0.25) is 5.91 Å². The molecule has 0 aromatic heterocycles. The summed E-state index contributed by atoms with van der Waals surface area (Å²) < 4.78 is 0. The number of amidine groups is 1. The summed E-state index contributed by atoms with van der Waals surface area (Å²) in [6.07, 6.45) is 1.69. The number of hydrogen-bond acceptors (Lipinski definition) is 2. The molecule has 1 heterocycles. The van der Waals surface area contributed by atoms with Gasteiger partial charge in [0.1, 0.15) is 12.4 Å². The third kappa shape index (κ3) is 1.99. The Labute approximate surface area is 99.0 Å². The summed E-state index contributed by atoms with van der Waals surface area (Å²) in [7, 11) is 0. The van der Waals surface area contributed by atoms with E-state index in [-0.39, 0.29) is 12.5 Å². The summed E-state index contributed by atoms with van der Waals surface area (Å²) in [5, 5.41) is 0.670. The number of carbonyl (C=O) groups excluding carboxylic acids is 1. The average Bonchev–Trinajstić information content (AvgIpc) is 2.63. The highest BCUT2D eigenvalue weighted by molar-refractivity contribution is 6.30. The molecule has 0 unspecified atom stereocenters. The molecule has 0 radical (unpaired) electrons. The molecule has 1 amide bonds. The minimum atomic E-state index is 0.00449. The molecule has 0 saturated carbocycles. The lowest BCUT2D eigenvalue weighted by molar-refractivity contribution is -0.124. The minimum absolute atomic E-state index is 0.00449. The van der Waals surface area contributed by atoms with Gasteiger partial charge in [-0.05, 0) is 24.3 Å². The van der Waals surface area contributed by atoms with Crippen LogP contribution in [0.3, 0.4) is 0 Å². The van der Waals surface area contributed by atoms with Crippen molar-refractivity contribution < 1.29 is 4.79 Å². The van der Waals surface area contributed by atoms with Crippen molar-refractivity contribution in [1.29, 1.82) is 0 Å². The van der Waals surface area contributed by atoms with Crippen LogP contribution in [0.25, 0.3) is 0 Å². The van der Waals surface area contributed by atoms with Crippen molar-refractivity contribution in [1.82, 2.24) is 4.90 Å². The molecule has 0 N–H and O–H groups in total. The van der Waals surface area contributed by atoms with Crippen LogP contribution in [0, 0.1) is 0 Å². The van der Waals surface area contributed by atoms with Crippen molar-refractivity contribution in [2.24, 2.45) is 4.99 Å². The van der Waals surface area contributed by atoms with Crippen molar-refractivity contribution in [3.05, 3.63) is 47.5 Å². The van der Waals surface area contributed by atoms with Crippen LogP contribution in [0.2, 0.25) is 5.02 Å². The number of hydrogen-bond donors (Lipinski definition) is 0. The smallest absolute Gasteiger partial charge is 0.250 e. The monoisotopic (exact) mass is 234 g/mol. The molecule has 0 saturated heterocycles. The first-order valence-electron chi connectivity index (χ1n) is 4.94. The zero-order chi connectivity index (χ0) is 11.5. The molecule has 1 aliphatic heterocycles. The number of halogens is 1. The van der Waals surface area contributed by atoms with Gasteiger partial charge in [0.05, 0.1) is 0 Å². The highest BCUT2D eigenvalue weighted by atomic mass is 35.5. The van der Waals surface area contributed by atoms with E-state index in [2.05, 4.69) is 11.6 Å². The Balaban J connectivity index is 2.29. The van der Waals surface area contributed by atoms with Gasteiger partial charge in [-0.2, -0.15) is 0 Å². The summed E-state index contributed by atoms with van der Waals surface area (Å²) in [6.45, 7) is 4.33. The first-order valence-corrected chi connectivity index (χ1v) is 5.32. The molecule has 1 aromatic rings. The van der Waals surface area contributed by atoms with E-state index in [0.29, 0.717) is 17.4 Å². The number of benzene rings is 1. The molecule has 1 aromatic carbocycles. The maximum absolute atomic E-state index is 11.6. The van der Waals surface area contributed by atoms with E-state index in [1.165, 1.54) is 0 Å². The highest BCUT2D eigenvalue weighted by Crippen LogP contribution is 2.15. The van der Waals surface area contributed by atoms with Crippen molar-refractivity contribution in [2.75, 3.05) is 13.1 Å². The van der Waals surface area contributed by atoms with E-state index in [1.54, 1.807) is 23.1 Å². The fourth-order valence-electron chi connectivity index (χ4n) is 1.59. The number of nitrogens with zero attached hydrogens (tertiary/aromatic N) is 2. The van der Waals surface area contributed by atoms with Crippen LogP contribution in [0.15, 0.2) is 41.9 Å². The van der Waals surface area contributed by atoms with E-state index in [1.807, 2.05) is 12.1 Å². The molecule has 0 bridgehead atoms. The van der Waals surface area contributed by atoms with E-state index < -0.39 is 0 Å². The number of aliphatic imine (C=N–C) groups is 1. The fraction of sp³-hybridized carbons (Fsp3) is 0.167. The van der Waals surface area contributed by atoms with Gasteiger partial charge in [0.25, 0.3) is 0 Å². The van der Waals surface area contributed by atoms with Crippen LogP contribution in [0.5, 0.6) is 0 Å². The molecule has 82 valence electrons. The summed E-state index contributed by atoms with van der Waals surface area (Å²) in [4.78, 5) is 17.4. The van der Waals surface area contributed by atoms with Crippen molar-refractivity contribution in [3.8, 4) is 0 Å². The Morgan fingerprint density at radius 2 is 2.12 bits per heavy atom. The van der Waals surface area contributed by atoms with E-state index in [4.69, 9.17) is 11.6 Å². The quantitative estimate of drug-likeness (QED) is 0.738. The second kappa shape index (κ2) is 4.49. The molecule has 16 heavy (non-hydrogen) atoms. The average molecular weight is 235 g/mol. The predicted molar refractivity (Wildman–Crippen MR) is 64.8 cm³/mol. The summed E-state index contributed by atoms with van der Waals surface area (Å²) in [5.74, 6) is 0.700. The van der Waals surface area contributed by atoms with Crippen LogP contribution in [-0.2, 0) is 4.79 Å². The zero-order valence-corrected chi connectivity index (χ0v) is 9.44. The number of rotatable bonds is 3. The van der Waals surface area contributed by atoms with Crippen LogP contribution in [0.1, 0.15) is 5.56 Å². The van der Waals surface area contributed by atoms with Crippen molar-refractivity contribution in [2.45, 2.75) is 0 Å². The van der Waals surface area contributed by atoms with Gasteiger partial charge in [-0.15, -0.1) is 6.58 Å². The minimum Gasteiger partial charge on any atom is -0.291 e. The molecular formula is C12H11ClN2O. The van der Waals surface area contributed by atoms with Crippen LogP contribution >= 0.6 is 11.6 Å². The highest BCUT2D eigenvalue weighted by Gasteiger charge is 2.24. The predicted octanol–water partition coefficient (Wildman–Crippen LogP) is 2.11. The number of amides is 1. The second-order valence-corrected chi connectivity index (χ2v) is 3.88. The van der Waals surface area contributed by atoms with Gasteiger partial charge in [0, 0.05) is 17.1 Å². The third-order valence-electron chi connectivity index (χ3n) is 2.33. The normalized spacial score (nSPS) is 15.2. The van der Waals surface area contributed by atoms with Crippen LogP contribution < -0.4 is 0 Å². The molecule has 0 atom stereocenters. The Bertz CT molecular complexity index is 451. The number of carbonyl (C=O) groups is 1. The largest absolute Gasteiger partial charge is 0.291 e. The van der Waals surface area contributed by atoms with Gasteiger partial charge in [-0.25, -0.2) is 0 Å². The Kier molecular flexibility index (Phi) is 3.06. The van der Waals surface area contributed by atoms with Crippen molar-refractivity contribution >= 4 is 23.3 Å².